The van der Waals surface area contributed by atoms with Crippen molar-refractivity contribution in [2.45, 2.75) is 25.0 Å². The summed E-state index contributed by atoms with van der Waals surface area (Å²) in [4.78, 5) is 24.3. The van der Waals surface area contributed by atoms with Crippen molar-refractivity contribution in [2.75, 3.05) is 12.1 Å². The number of ether oxygens (including phenoxy) is 4. The van der Waals surface area contributed by atoms with Crippen LogP contribution in [0.25, 0.3) is 0 Å². The summed E-state index contributed by atoms with van der Waals surface area (Å²) in [6.45, 7) is 0.0740. The van der Waals surface area contributed by atoms with Gasteiger partial charge in [-0.2, -0.15) is 0 Å². The van der Waals surface area contributed by atoms with E-state index in [0.717, 1.165) is 18.2 Å². The summed E-state index contributed by atoms with van der Waals surface area (Å²) in [5.41, 5.74) is 2.12. The number of anilines is 1. The predicted octanol–water partition coefficient (Wildman–Crippen LogP) is 4.84. The van der Waals surface area contributed by atoms with Crippen LogP contribution in [0.4, 0.5) is 14.9 Å². The van der Waals surface area contributed by atoms with Gasteiger partial charge < -0.3 is 24.1 Å². The second kappa shape index (κ2) is 12.5. The minimum absolute atomic E-state index is 0.0740. The number of carbonyl (C=O) groups excluding carboxylic acids is 2. The summed E-state index contributed by atoms with van der Waals surface area (Å²) in [7, 11) is 0. The quantitative estimate of drug-likeness (QED) is 0.168. The van der Waals surface area contributed by atoms with Crippen molar-refractivity contribution in [3.05, 3.63) is 90.3 Å². The van der Waals surface area contributed by atoms with Crippen LogP contribution in [0.3, 0.4) is 0 Å². The molecule has 0 saturated heterocycles. The average Bonchev–Trinajstić information content (AvgIpc) is 3.39. The van der Waals surface area contributed by atoms with Crippen LogP contribution in [0, 0.1) is 5.82 Å². The fourth-order valence-corrected chi connectivity index (χ4v) is 3.73. The number of rotatable bonds is 10. The number of hydrogen-bond donors (Lipinski definition) is 4. The number of para-hydroxylation sites is 1. The summed E-state index contributed by atoms with van der Waals surface area (Å²) in [5.74, 6) is -0.689. The summed E-state index contributed by atoms with van der Waals surface area (Å²) >= 11 is 0. The standard InChI is InChI=1S/C27H25FN2O8/c28-20-14-17(10-12-21(20)31)26(38-27(33)29-18-11-13-22-24(15-18)36-16-35-22)23(8-4-5-9-25(32)30-34)37-19-6-2-1-3-7-19/h1-3,5-7,9-15,23,26,31,34H,4,8,16H2,(H,29,33)(H,30,32)/b9-5+/t23-,26-/m1/s1. The number of carbonyl (C=O) groups is 2. The molecule has 0 unspecified atom stereocenters. The van der Waals surface area contributed by atoms with Crippen LogP contribution in [-0.2, 0) is 9.53 Å². The first-order valence-corrected chi connectivity index (χ1v) is 11.6. The number of nitrogens with one attached hydrogen (secondary N) is 2. The number of benzene rings is 3. The Morgan fingerprint density at radius 2 is 1.84 bits per heavy atom. The number of hydroxylamine groups is 1. The smallest absolute Gasteiger partial charge is 0.412 e. The van der Waals surface area contributed by atoms with E-state index >= 15 is 0 Å². The van der Waals surface area contributed by atoms with Gasteiger partial charge in [-0.05, 0) is 54.8 Å². The molecule has 0 fully saturated rings. The number of phenolic OH excluding ortho intramolecular Hbond substituents is 1. The lowest BCUT2D eigenvalue weighted by atomic mass is 9.99. The molecular formula is C27H25FN2O8. The van der Waals surface area contributed by atoms with Crippen LogP contribution in [0.5, 0.6) is 23.0 Å². The number of halogens is 1. The Balaban J connectivity index is 1.59. The summed E-state index contributed by atoms with van der Waals surface area (Å²) in [6.07, 6.45) is 0.351. The molecule has 11 heteroatoms. The minimum atomic E-state index is -1.13. The third kappa shape index (κ3) is 6.92. The van der Waals surface area contributed by atoms with Gasteiger partial charge in [-0.1, -0.05) is 30.3 Å². The molecule has 4 rings (SSSR count). The van der Waals surface area contributed by atoms with Crippen molar-refractivity contribution in [3.63, 3.8) is 0 Å². The summed E-state index contributed by atoms with van der Waals surface area (Å²) < 4.78 is 36.8. The van der Waals surface area contributed by atoms with E-state index in [-0.39, 0.29) is 25.2 Å². The van der Waals surface area contributed by atoms with Gasteiger partial charge in [0.1, 0.15) is 11.9 Å². The normalized spacial score (nSPS) is 13.5. The van der Waals surface area contributed by atoms with Crippen molar-refractivity contribution in [3.8, 4) is 23.0 Å². The molecule has 0 aromatic heterocycles. The van der Waals surface area contributed by atoms with E-state index in [1.807, 2.05) is 0 Å². The topological polar surface area (TPSA) is 136 Å². The maximum Gasteiger partial charge on any atom is 0.412 e. The molecule has 3 aromatic carbocycles. The number of aromatic hydroxyl groups is 1. The molecule has 0 saturated carbocycles. The SMILES string of the molecule is O=C(/C=C/CC[C@@H](Oc1ccccc1)[C@H](OC(=O)Nc1ccc2c(c1)OCO2)c1ccc(O)c(F)c1)NO. The van der Waals surface area contributed by atoms with Crippen LogP contribution in [0.1, 0.15) is 24.5 Å². The zero-order chi connectivity index (χ0) is 26.9. The van der Waals surface area contributed by atoms with Gasteiger partial charge in [0.05, 0.1) is 0 Å². The van der Waals surface area contributed by atoms with Gasteiger partial charge >= 0.3 is 6.09 Å². The number of allylic oxidation sites excluding steroid dienone is 1. The number of phenols is 1. The van der Waals surface area contributed by atoms with E-state index in [4.69, 9.17) is 24.2 Å². The van der Waals surface area contributed by atoms with Crippen molar-refractivity contribution in [1.82, 2.24) is 5.48 Å². The lowest BCUT2D eigenvalue weighted by molar-refractivity contribution is -0.124. The number of hydrogen-bond acceptors (Lipinski definition) is 8. The van der Waals surface area contributed by atoms with Crippen molar-refractivity contribution < 1.29 is 43.2 Å². The highest BCUT2D eigenvalue weighted by atomic mass is 19.1. The fraction of sp³-hybridized carbons (Fsp3) is 0.185. The molecule has 198 valence electrons. The predicted molar refractivity (Wildman–Crippen MR) is 133 cm³/mol. The van der Waals surface area contributed by atoms with Crippen LogP contribution >= 0.6 is 0 Å². The largest absolute Gasteiger partial charge is 0.505 e. The minimum Gasteiger partial charge on any atom is -0.505 e. The van der Waals surface area contributed by atoms with E-state index < -0.39 is 35.8 Å². The van der Waals surface area contributed by atoms with Gasteiger partial charge in [0, 0.05) is 17.8 Å². The Kier molecular flexibility index (Phi) is 8.62. The second-order valence-electron chi connectivity index (χ2n) is 8.15. The first-order chi connectivity index (χ1) is 18.4. The molecule has 1 aliphatic heterocycles. The van der Waals surface area contributed by atoms with E-state index in [1.165, 1.54) is 17.6 Å². The monoisotopic (exact) mass is 524 g/mol. The van der Waals surface area contributed by atoms with Gasteiger partial charge in [0.15, 0.2) is 29.2 Å². The Labute approximate surface area is 217 Å². The molecule has 4 N–H and O–H groups in total. The molecule has 0 radical (unpaired) electrons. The van der Waals surface area contributed by atoms with Gasteiger partial charge in [0.25, 0.3) is 5.91 Å². The zero-order valence-corrected chi connectivity index (χ0v) is 20.0. The van der Waals surface area contributed by atoms with Gasteiger partial charge in [-0.25, -0.2) is 14.7 Å². The Morgan fingerprint density at radius 3 is 2.61 bits per heavy atom. The average molecular weight is 525 g/mol. The molecule has 2 atom stereocenters. The van der Waals surface area contributed by atoms with Crippen LogP contribution in [-0.4, -0.2) is 35.2 Å². The summed E-state index contributed by atoms with van der Waals surface area (Å²) in [6, 6.07) is 17.2. The molecule has 2 amide bonds. The molecule has 1 heterocycles. The number of amides is 2. The second-order valence-corrected chi connectivity index (χ2v) is 8.15. The maximum atomic E-state index is 14.3. The van der Waals surface area contributed by atoms with E-state index in [9.17, 15) is 19.1 Å². The third-order valence-corrected chi connectivity index (χ3v) is 5.52. The van der Waals surface area contributed by atoms with E-state index in [0.29, 0.717) is 22.9 Å². The van der Waals surface area contributed by atoms with E-state index in [1.54, 1.807) is 48.5 Å². The third-order valence-electron chi connectivity index (χ3n) is 5.52. The van der Waals surface area contributed by atoms with Gasteiger partial charge in [-0.3, -0.25) is 15.3 Å². The Morgan fingerprint density at radius 1 is 1.05 bits per heavy atom. The van der Waals surface area contributed by atoms with Gasteiger partial charge in [0.2, 0.25) is 6.79 Å². The highest BCUT2D eigenvalue weighted by Gasteiger charge is 2.30. The first-order valence-electron chi connectivity index (χ1n) is 11.6. The maximum absolute atomic E-state index is 14.3. The highest BCUT2D eigenvalue weighted by Crippen LogP contribution is 2.35. The molecule has 0 aliphatic carbocycles. The van der Waals surface area contributed by atoms with Crippen LogP contribution < -0.4 is 25.0 Å². The zero-order valence-electron chi connectivity index (χ0n) is 20.0. The van der Waals surface area contributed by atoms with Crippen molar-refractivity contribution in [1.29, 1.82) is 0 Å². The molecular weight excluding hydrogens is 499 g/mol. The lowest BCUT2D eigenvalue weighted by Crippen LogP contribution is -2.31. The first kappa shape index (κ1) is 26.3. The van der Waals surface area contributed by atoms with E-state index in [2.05, 4.69) is 5.32 Å². The van der Waals surface area contributed by atoms with Gasteiger partial charge in [-0.15, -0.1) is 0 Å². The number of fused-ring (bicyclic) bond motifs is 1. The Hall–Kier alpha value is -4.77. The van der Waals surface area contributed by atoms with Crippen LogP contribution in [0.15, 0.2) is 78.9 Å². The Bertz CT molecular complexity index is 1300. The lowest BCUT2D eigenvalue weighted by Gasteiger charge is -2.28. The molecule has 3 aromatic rings. The molecule has 10 nitrogen and oxygen atoms in total. The fourth-order valence-electron chi connectivity index (χ4n) is 3.73. The molecule has 0 bridgehead atoms. The molecule has 1 aliphatic rings. The summed E-state index contributed by atoms with van der Waals surface area (Å²) in [5, 5.41) is 21.0. The molecule has 0 spiro atoms. The van der Waals surface area contributed by atoms with Crippen molar-refractivity contribution >= 4 is 17.7 Å². The highest BCUT2D eigenvalue weighted by molar-refractivity contribution is 5.86. The van der Waals surface area contributed by atoms with Crippen LogP contribution in [0.2, 0.25) is 0 Å². The van der Waals surface area contributed by atoms with Crippen molar-refractivity contribution in [2.24, 2.45) is 0 Å². The molecule has 38 heavy (non-hydrogen) atoms.